The summed E-state index contributed by atoms with van der Waals surface area (Å²) in [6.45, 7) is 7.62. The fourth-order valence-electron chi connectivity index (χ4n) is 5.04. The molecule has 0 unspecified atom stereocenters. The molecule has 0 aliphatic carbocycles. The Morgan fingerprint density at radius 2 is 1.12 bits per heavy atom. The van der Waals surface area contributed by atoms with Gasteiger partial charge in [0.25, 0.3) is 0 Å². The second-order valence-electron chi connectivity index (χ2n) is 12.8. The first-order chi connectivity index (χ1) is 22.7. The molecule has 8 N–H and O–H groups in total. The van der Waals surface area contributed by atoms with Crippen LogP contribution in [0, 0.1) is 11.8 Å². The molecule has 5 atom stereocenters. The summed E-state index contributed by atoms with van der Waals surface area (Å²) in [7, 11) is 0. The Balaban J connectivity index is 2.34. The van der Waals surface area contributed by atoms with Gasteiger partial charge in [-0.2, -0.15) is 11.8 Å². The van der Waals surface area contributed by atoms with Crippen molar-refractivity contribution in [2.24, 2.45) is 17.6 Å². The highest BCUT2D eigenvalue weighted by Crippen LogP contribution is 2.14. The zero-order valence-electron chi connectivity index (χ0n) is 28.4. The van der Waals surface area contributed by atoms with Crippen LogP contribution >= 0.6 is 11.8 Å². The topological polar surface area (TPSA) is 200 Å². The van der Waals surface area contributed by atoms with E-state index in [0.29, 0.717) is 17.7 Å². The number of amides is 4. The Kier molecular flexibility index (Phi) is 17.0. The van der Waals surface area contributed by atoms with Gasteiger partial charge >= 0.3 is 5.97 Å². The summed E-state index contributed by atoms with van der Waals surface area (Å²) in [6, 6.07) is 9.89. The normalized spacial score (nSPS) is 14.3. The van der Waals surface area contributed by atoms with Crippen LogP contribution in [0.1, 0.15) is 58.1 Å². The van der Waals surface area contributed by atoms with Crippen molar-refractivity contribution >= 4 is 41.4 Å². The van der Waals surface area contributed by atoms with Crippen LogP contribution < -0.4 is 27.0 Å². The molecule has 2 aromatic carbocycles. The summed E-state index contributed by atoms with van der Waals surface area (Å²) in [5.41, 5.74) is 7.51. The first-order valence-electron chi connectivity index (χ1n) is 16.2. The number of hydrogen-bond donors (Lipinski definition) is 7. The summed E-state index contributed by atoms with van der Waals surface area (Å²) in [5, 5.41) is 30.2. The van der Waals surface area contributed by atoms with Crippen LogP contribution in [0.4, 0.5) is 0 Å². The number of aromatic hydroxyl groups is 1. The largest absolute Gasteiger partial charge is 0.508 e. The van der Waals surface area contributed by atoms with E-state index < -0.39 is 59.8 Å². The molecule has 264 valence electrons. The molecule has 0 saturated heterocycles. The lowest BCUT2D eigenvalue weighted by Crippen LogP contribution is -2.59. The van der Waals surface area contributed by atoms with Gasteiger partial charge in [-0.25, -0.2) is 4.79 Å². The van der Waals surface area contributed by atoms with Gasteiger partial charge < -0.3 is 37.2 Å². The first kappa shape index (κ1) is 40.1. The van der Waals surface area contributed by atoms with Crippen molar-refractivity contribution < 1.29 is 34.2 Å². The highest BCUT2D eigenvalue weighted by Gasteiger charge is 2.32. The minimum atomic E-state index is -1.18. The second kappa shape index (κ2) is 20.3. The number of phenolic OH excluding ortho intramolecular Hbond substituents is 1. The zero-order chi connectivity index (χ0) is 35.8. The van der Waals surface area contributed by atoms with Crippen molar-refractivity contribution in [3.8, 4) is 5.75 Å². The Morgan fingerprint density at radius 3 is 1.62 bits per heavy atom. The quantitative estimate of drug-likeness (QED) is 0.109. The number of rotatable bonds is 20. The number of carbonyl (C=O) groups is 5. The van der Waals surface area contributed by atoms with Gasteiger partial charge in [-0.05, 0) is 66.4 Å². The molecule has 2 rings (SSSR count). The predicted octanol–water partition coefficient (Wildman–Crippen LogP) is 2.37. The smallest absolute Gasteiger partial charge is 0.326 e. The van der Waals surface area contributed by atoms with Crippen LogP contribution in [0.5, 0.6) is 5.75 Å². The van der Waals surface area contributed by atoms with Crippen molar-refractivity contribution in [1.82, 2.24) is 21.3 Å². The fourth-order valence-corrected chi connectivity index (χ4v) is 5.51. The molecule has 2 aromatic rings. The van der Waals surface area contributed by atoms with Gasteiger partial charge in [0, 0.05) is 12.8 Å². The van der Waals surface area contributed by atoms with E-state index in [1.165, 1.54) is 23.9 Å². The van der Waals surface area contributed by atoms with Gasteiger partial charge in [-0.3, -0.25) is 19.2 Å². The van der Waals surface area contributed by atoms with Crippen molar-refractivity contribution in [3.63, 3.8) is 0 Å². The van der Waals surface area contributed by atoms with Gasteiger partial charge in [0.1, 0.15) is 29.9 Å². The SMILES string of the molecule is CSCC[C@H](NC(=O)[C@H](Cc1ccccc1)NC(=O)[C@H](CC(C)C)NC(=O)[C@H](Cc1ccc(O)cc1)NC(=O)[C@@H](N)CC(C)C)C(=O)O. The lowest BCUT2D eigenvalue weighted by atomic mass is 9.99. The summed E-state index contributed by atoms with van der Waals surface area (Å²) >= 11 is 1.45. The van der Waals surface area contributed by atoms with Gasteiger partial charge in [-0.1, -0.05) is 70.2 Å². The summed E-state index contributed by atoms with van der Waals surface area (Å²) < 4.78 is 0. The van der Waals surface area contributed by atoms with E-state index in [2.05, 4.69) is 21.3 Å². The van der Waals surface area contributed by atoms with Gasteiger partial charge in [-0.15, -0.1) is 0 Å². The van der Waals surface area contributed by atoms with Crippen molar-refractivity contribution in [2.75, 3.05) is 12.0 Å². The monoisotopic (exact) mass is 685 g/mol. The Bertz CT molecular complexity index is 1340. The molecule has 48 heavy (non-hydrogen) atoms. The number of thioether (sulfide) groups is 1. The van der Waals surface area contributed by atoms with Crippen LogP contribution in [0.25, 0.3) is 0 Å². The molecular formula is C35H51N5O7S. The minimum absolute atomic E-state index is 0.0458. The average Bonchev–Trinajstić information content (AvgIpc) is 3.02. The highest BCUT2D eigenvalue weighted by atomic mass is 32.2. The number of aliphatic carboxylic acids is 1. The standard InChI is InChI=1S/C35H51N5O7S/c1-21(2)17-26(36)31(42)38-29(20-24-11-13-25(41)14-12-24)34(45)39-28(18-22(3)4)32(43)40-30(19-23-9-7-6-8-10-23)33(44)37-27(35(46)47)15-16-48-5/h6-14,21-22,26-30,41H,15-20,36H2,1-5H3,(H,37,44)(H,38,42)(H,39,45)(H,40,43)(H,46,47)/t26-,27-,28-,29-,30-/m0/s1. The molecule has 0 fully saturated rings. The molecule has 13 heteroatoms. The molecule has 0 bridgehead atoms. The predicted molar refractivity (Wildman–Crippen MR) is 187 cm³/mol. The molecular weight excluding hydrogens is 634 g/mol. The summed E-state index contributed by atoms with van der Waals surface area (Å²) in [6.07, 6.45) is 2.81. The Morgan fingerprint density at radius 1 is 0.667 bits per heavy atom. The van der Waals surface area contributed by atoms with Crippen LogP contribution in [0.2, 0.25) is 0 Å². The fraction of sp³-hybridized carbons (Fsp3) is 0.514. The lowest BCUT2D eigenvalue weighted by molar-refractivity contribution is -0.142. The second-order valence-corrected chi connectivity index (χ2v) is 13.8. The van der Waals surface area contributed by atoms with Gasteiger partial charge in [0.05, 0.1) is 6.04 Å². The highest BCUT2D eigenvalue weighted by molar-refractivity contribution is 7.98. The zero-order valence-corrected chi connectivity index (χ0v) is 29.2. The maximum absolute atomic E-state index is 13.8. The molecule has 0 aromatic heterocycles. The lowest BCUT2D eigenvalue weighted by Gasteiger charge is -2.27. The average molecular weight is 686 g/mol. The molecule has 0 saturated carbocycles. The van der Waals surface area contributed by atoms with Crippen LogP contribution in [0.3, 0.4) is 0 Å². The third-order valence-corrected chi connectivity index (χ3v) is 8.20. The molecule has 4 amide bonds. The number of hydrogen-bond acceptors (Lipinski definition) is 8. The Hall–Kier alpha value is -4.10. The van der Waals surface area contributed by atoms with E-state index in [9.17, 15) is 34.2 Å². The van der Waals surface area contributed by atoms with E-state index in [1.807, 2.05) is 40.0 Å². The third-order valence-electron chi connectivity index (χ3n) is 7.55. The molecule has 0 aliphatic heterocycles. The summed E-state index contributed by atoms with van der Waals surface area (Å²) in [5.74, 6) is -2.95. The number of carbonyl (C=O) groups excluding carboxylic acids is 4. The van der Waals surface area contributed by atoms with Gasteiger partial charge in [0.2, 0.25) is 23.6 Å². The van der Waals surface area contributed by atoms with Crippen molar-refractivity contribution in [3.05, 3.63) is 65.7 Å². The van der Waals surface area contributed by atoms with Crippen molar-refractivity contribution in [1.29, 1.82) is 0 Å². The molecule has 0 heterocycles. The van der Waals surface area contributed by atoms with Crippen LogP contribution in [0.15, 0.2) is 54.6 Å². The minimum Gasteiger partial charge on any atom is -0.508 e. The first-order valence-corrected chi connectivity index (χ1v) is 17.6. The number of nitrogens with one attached hydrogen (secondary N) is 4. The molecule has 0 spiro atoms. The molecule has 12 nitrogen and oxygen atoms in total. The summed E-state index contributed by atoms with van der Waals surface area (Å²) in [4.78, 5) is 65.9. The van der Waals surface area contributed by atoms with Crippen LogP contribution in [-0.2, 0) is 36.8 Å². The number of nitrogens with two attached hydrogens (primary N) is 1. The maximum atomic E-state index is 13.8. The number of benzene rings is 2. The van der Waals surface area contributed by atoms with E-state index >= 15 is 0 Å². The number of carboxylic acid groups (broad SMARTS) is 1. The van der Waals surface area contributed by atoms with E-state index in [-0.39, 0.29) is 43.3 Å². The van der Waals surface area contributed by atoms with E-state index in [4.69, 9.17) is 5.73 Å². The van der Waals surface area contributed by atoms with Crippen molar-refractivity contribution in [2.45, 2.75) is 90.0 Å². The third kappa shape index (κ3) is 14.3. The Labute approximate surface area is 287 Å². The van der Waals surface area contributed by atoms with E-state index in [1.54, 1.807) is 36.4 Å². The molecule has 0 aliphatic rings. The van der Waals surface area contributed by atoms with Gasteiger partial charge in [0.15, 0.2) is 0 Å². The maximum Gasteiger partial charge on any atom is 0.326 e. The van der Waals surface area contributed by atoms with Crippen LogP contribution in [-0.4, -0.2) is 82.0 Å². The number of carboxylic acids is 1. The molecule has 0 radical (unpaired) electrons. The van der Waals surface area contributed by atoms with E-state index in [0.717, 1.165) is 5.56 Å². The number of phenols is 1.